The molecule has 2 aliphatic carbocycles. The largest absolute Gasteiger partial charge is 0.388 e. The molecule has 3 N–H and O–H groups in total. The zero-order chi connectivity index (χ0) is 23.8. The fourth-order valence-corrected chi connectivity index (χ4v) is 5.06. The number of aryl methyl sites for hydroxylation is 2. The summed E-state index contributed by atoms with van der Waals surface area (Å²) in [4.78, 5) is 17.6. The summed E-state index contributed by atoms with van der Waals surface area (Å²) in [5.74, 6) is 1.12. The fraction of sp³-hybridized carbons (Fsp3) is 0.640. The van der Waals surface area contributed by atoms with Crippen LogP contribution in [0.4, 0.5) is 5.82 Å². The van der Waals surface area contributed by atoms with Crippen molar-refractivity contribution in [3.63, 3.8) is 0 Å². The van der Waals surface area contributed by atoms with E-state index in [-0.39, 0.29) is 23.7 Å². The first-order chi connectivity index (χ1) is 15.7. The molecule has 2 heterocycles. The van der Waals surface area contributed by atoms with Gasteiger partial charge in [-0.2, -0.15) is 5.10 Å². The number of nitrogens with zero attached hydrogens (tertiary/aromatic N) is 3. The number of halogens is 1. The van der Waals surface area contributed by atoms with Gasteiger partial charge in [0.05, 0.1) is 16.3 Å². The van der Waals surface area contributed by atoms with E-state index in [1.165, 1.54) is 12.8 Å². The van der Waals surface area contributed by atoms with E-state index in [0.717, 1.165) is 36.2 Å². The number of rotatable bonds is 8. The summed E-state index contributed by atoms with van der Waals surface area (Å²) in [6.07, 6.45) is 8.57. The van der Waals surface area contributed by atoms with Crippen molar-refractivity contribution in [3.05, 3.63) is 28.5 Å². The Labute approximate surface area is 201 Å². The number of aromatic nitrogens is 3. The molecule has 2 aromatic rings. The fourth-order valence-electron chi connectivity index (χ4n) is 4.74. The third-order valence-electron chi connectivity index (χ3n) is 7.48. The smallest absolute Gasteiger partial charge is 0.273 e. The molecule has 2 fully saturated rings. The SMILES string of the molecule is CCn1nc(C(=O)NCC2(O)CCC(C)CC2)c(Cl)c1-c1cnc(NC2(CC)CC2)cc1C. The molecule has 0 atom stereocenters. The van der Waals surface area contributed by atoms with Crippen LogP contribution in [0.25, 0.3) is 11.3 Å². The molecule has 4 rings (SSSR count). The summed E-state index contributed by atoms with van der Waals surface area (Å²) in [5, 5.41) is 22.1. The first-order valence-corrected chi connectivity index (χ1v) is 12.6. The molecule has 2 aromatic heterocycles. The van der Waals surface area contributed by atoms with Crippen LogP contribution < -0.4 is 10.6 Å². The Balaban J connectivity index is 1.53. The number of pyridine rings is 1. The van der Waals surface area contributed by atoms with Crippen molar-refractivity contribution in [2.24, 2.45) is 5.92 Å². The minimum atomic E-state index is -0.856. The lowest BCUT2D eigenvalue weighted by Gasteiger charge is -2.34. The number of anilines is 1. The molecule has 0 radical (unpaired) electrons. The van der Waals surface area contributed by atoms with Crippen LogP contribution in [-0.2, 0) is 6.54 Å². The van der Waals surface area contributed by atoms with Crippen LogP contribution in [0.1, 0.15) is 81.8 Å². The van der Waals surface area contributed by atoms with E-state index in [9.17, 15) is 9.90 Å². The van der Waals surface area contributed by atoms with E-state index in [4.69, 9.17) is 11.6 Å². The van der Waals surface area contributed by atoms with E-state index in [0.29, 0.717) is 36.0 Å². The summed E-state index contributed by atoms with van der Waals surface area (Å²) >= 11 is 6.71. The maximum Gasteiger partial charge on any atom is 0.273 e. The van der Waals surface area contributed by atoms with E-state index in [2.05, 4.69) is 34.6 Å². The topological polar surface area (TPSA) is 92.1 Å². The molecular weight excluding hydrogens is 438 g/mol. The zero-order valence-corrected chi connectivity index (χ0v) is 20.9. The van der Waals surface area contributed by atoms with Gasteiger partial charge in [-0.05, 0) is 76.3 Å². The quantitative estimate of drug-likeness (QED) is 0.504. The molecule has 0 aromatic carbocycles. The van der Waals surface area contributed by atoms with Gasteiger partial charge in [0.15, 0.2) is 5.69 Å². The van der Waals surface area contributed by atoms with Crippen molar-refractivity contribution < 1.29 is 9.90 Å². The molecule has 8 heteroatoms. The van der Waals surface area contributed by atoms with Crippen molar-refractivity contribution >= 4 is 23.3 Å². The standard InChI is InChI=1S/C25H36ClN5O2/c1-5-24(11-12-24)29-19-13-17(4)18(14-27-19)22-20(26)21(30-31(22)6-2)23(32)28-15-25(33)9-7-16(3)8-10-25/h13-14,16,33H,5-12,15H2,1-4H3,(H,27,29)(H,28,32). The molecule has 2 aliphatic rings. The molecule has 2 saturated carbocycles. The lowest BCUT2D eigenvalue weighted by atomic mass is 9.79. The number of hydrogen-bond donors (Lipinski definition) is 3. The third-order valence-corrected chi connectivity index (χ3v) is 7.84. The van der Waals surface area contributed by atoms with Crippen LogP contribution in [-0.4, -0.2) is 43.5 Å². The van der Waals surface area contributed by atoms with Crippen molar-refractivity contribution in [1.82, 2.24) is 20.1 Å². The minimum absolute atomic E-state index is 0.186. The Morgan fingerprint density at radius 1 is 1.27 bits per heavy atom. The molecular formula is C25H36ClN5O2. The van der Waals surface area contributed by atoms with Gasteiger partial charge in [-0.1, -0.05) is 25.4 Å². The summed E-state index contributed by atoms with van der Waals surface area (Å²) < 4.78 is 1.75. The van der Waals surface area contributed by atoms with Gasteiger partial charge in [-0.3, -0.25) is 9.48 Å². The number of carbonyl (C=O) groups excluding carboxylic acids is 1. The first kappa shape index (κ1) is 24.0. The van der Waals surface area contributed by atoms with E-state index >= 15 is 0 Å². The molecule has 7 nitrogen and oxygen atoms in total. The Bertz CT molecular complexity index is 1020. The lowest BCUT2D eigenvalue weighted by molar-refractivity contribution is -0.00544. The van der Waals surface area contributed by atoms with Crippen LogP contribution in [0, 0.1) is 12.8 Å². The van der Waals surface area contributed by atoms with Gasteiger partial charge in [0.2, 0.25) is 0 Å². The predicted octanol–water partition coefficient (Wildman–Crippen LogP) is 4.95. The number of carbonyl (C=O) groups is 1. The highest BCUT2D eigenvalue weighted by atomic mass is 35.5. The summed E-state index contributed by atoms with van der Waals surface area (Å²) in [6, 6.07) is 2.04. The number of aliphatic hydroxyl groups is 1. The molecule has 1 amide bonds. The Hall–Kier alpha value is -2.12. The Morgan fingerprint density at radius 2 is 1.97 bits per heavy atom. The van der Waals surface area contributed by atoms with Gasteiger partial charge < -0.3 is 15.7 Å². The highest BCUT2D eigenvalue weighted by Gasteiger charge is 2.41. The first-order valence-electron chi connectivity index (χ1n) is 12.2. The lowest BCUT2D eigenvalue weighted by Crippen LogP contribution is -2.45. The highest BCUT2D eigenvalue weighted by Crippen LogP contribution is 2.42. The van der Waals surface area contributed by atoms with Crippen molar-refractivity contribution in [2.75, 3.05) is 11.9 Å². The van der Waals surface area contributed by atoms with Gasteiger partial charge in [0, 0.05) is 30.4 Å². The predicted molar refractivity (Wildman–Crippen MR) is 132 cm³/mol. The van der Waals surface area contributed by atoms with E-state index in [1.807, 2.05) is 26.1 Å². The van der Waals surface area contributed by atoms with Gasteiger partial charge in [-0.15, -0.1) is 0 Å². The van der Waals surface area contributed by atoms with Crippen LogP contribution in [0.15, 0.2) is 12.3 Å². The van der Waals surface area contributed by atoms with Gasteiger partial charge >= 0.3 is 0 Å². The second-order valence-electron chi connectivity index (χ2n) is 10.1. The Kier molecular flexibility index (Phi) is 6.74. The molecule has 0 spiro atoms. The second kappa shape index (κ2) is 9.26. The maximum absolute atomic E-state index is 13.0. The van der Waals surface area contributed by atoms with Crippen LogP contribution in [0.5, 0.6) is 0 Å². The maximum atomic E-state index is 13.0. The van der Waals surface area contributed by atoms with E-state index in [1.54, 1.807) is 4.68 Å². The second-order valence-corrected chi connectivity index (χ2v) is 10.4. The molecule has 0 aliphatic heterocycles. The third kappa shape index (κ3) is 5.04. The molecule has 0 saturated heterocycles. The average molecular weight is 474 g/mol. The van der Waals surface area contributed by atoms with Crippen LogP contribution >= 0.6 is 11.6 Å². The summed E-state index contributed by atoms with van der Waals surface area (Å²) in [5.41, 5.74) is 2.10. The van der Waals surface area contributed by atoms with Crippen LogP contribution in [0.3, 0.4) is 0 Å². The number of nitrogens with one attached hydrogen (secondary N) is 2. The van der Waals surface area contributed by atoms with E-state index < -0.39 is 5.60 Å². The molecule has 0 unspecified atom stereocenters. The van der Waals surface area contributed by atoms with Gasteiger partial charge in [0.25, 0.3) is 5.91 Å². The van der Waals surface area contributed by atoms with Gasteiger partial charge in [0.1, 0.15) is 5.82 Å². The summed E-state index contributed by atoms with van der Waals surface area (Å²) in [7, 11) is 0. The van der Waals surface area contributed by atoms with Crippen LogP contribution in [0.2, 0.25) is 5.02 Å². The molecule has 180 valence electrons. The minimum Gasteiger partial charge on any atom is -0.388 e. The highest BCUT2D eigenvalue weighted by molar-refractivity contribution is 6.36. The monoisotopic (exact) mass is 473 g/mol. The zero-order valence-electron chi connectivity index (χ0n) is 20.2. The summed E-state index contributed by atoms with van der Waals surface area (Å²) in [6.45, 7) is 9.17. The number of hydrogen-bond acceptors (Lipinski definition) is 5. The van der Waals surface area contributed by atoms with Gasteiger partial charge in [-0.25, -0.2) is 4.98 Å². The number of amides is 1. The average Bonchev–Trinajstić information content (AvgIpc) is 3.49. The van der Waals surface area contributed by atoms with Crippen molar-refractivity contribution in [3.8, 4) is 11.3 Å². The van der Waals surface area contributed by atoms with Crippen molar-refractivity contribution in [1.29, 1.82) is 0 Å². The molecule has 33 heavy (non-hydrogen) atoms. The Morgan fingerprint density at radius 3 is 2.55 bits per heavy atom. The normalized spacial score (nSPS) is 23.9. The molecule has 0 bridgehead atoms. The van der Waals surface area contributed by atoms with Crippen molar-refractivity contribution in [2.45, 2.75) is 90.3 Å².